The van der Waals surface area contributed by atoms with Gasteiger partial charge >= 0.3 is 0 Å². The average Bonchev–Trinajstić information content (AvgIpc) is 2.11. The van der Waals surface area contributed by atoms with E-state index in [1.807, 2.05) is 0 Å². The van der Waals surface area contributed by atoms with E-state index < -0.39 is 0 Å². The highest BCUT2D eigenvalue weighted by Crippen LogP contribution is 2.44. The van der Waals surface area contributed by atoms with Gasteiger partial charge in [-0.3, -0.25) is 4.79 Å². The number of Topliss-reactive ketones (excluding diaryl/α,β-unsaturated/α-hetero) is 1. The van der Waals surface area contributed by atoms with Crippen molar-refractivity contribution in [3.05, 3.63) is 23.3 Å². The molecule has 0 saturated carbocycles. The molecule has 0 amide bonds. The van der Waals surface area contributed by atoms with Gasteiger partial charge in [-0.1, -0.05) is 38.5 Å². The second-order valence-corrected chi connectivity index (χ2v) is 5.27. The molecule has 1 aliphatic rings. The highest BCUT2D eigenvalue weighted by atomic mass is 16.1. The predicted octanol–water partition coefficient (Wildman–Crippen LogP) is 3.90. The Bertz CT molecular complexity index is 318. The van der Waals surface area contributed by atoms with Crippen molar-refractivity contribution in [3.63, 3.8) is 0 Å². The van der Waals surface area contributed by atoms with E-state index in [2.05, 4.69) is 39.8 Å². The molecule has 1 nitrogen and oxygen atoms in total. The zero-order valence-electron chi connectivity index (χ0n) is 10.6. The third-order valence-electron chi connectivity index (χ3n) is 3.72. The largest absolute Gasteiger partial charge is 0.300 e. The van der Waals surface area contributed by atoms with Gasteiger partial charge in [-0.15, -0.1) is 0 Å². The quantitative estimate of drug-likeness (QED) is 0.669. The van der Waals surface area contributed by atoms with Crippen molar-refractivity contribution < 1.29 is 4.79 Å². The van der Waals surface area contributed by atoms with Crippen molar-refractivity contribution in [2.24, 2.45) is 11.3 Å². The molecule has 0 aliphatic heterocycles. The van der Waals surface area contributed by atoms with Gasteiger partial charge in [0, 0.05) is 6.42 Å². The Balaban J connectivity index is 3.01. The maximum Gasteiger partial charge on any atom is 0.133 e. The third-order valence-corrected chi connectivity index (χ3v) is 3.72. The zero-order chi connectivity index (χ0) is 11.6. The van der Waals surface area contributed by atoms with Gasteiger partial charge in [0.1, 0.15) is 5.78 Å². The predicted molar refractivity (Wildman–Crippen MR) is 64.7 cm³/mol. The molecular formula is C14H22O. The number of carbonyl (C=O) groups is 1. The minimum atomic E-state index is 0.203. The van der Waals surface area contributed by atoms with Crippen LogP contribution in [0.3, 0.4) is 0 Å². The van der Waals surface area contributed by atoms with E-state index in [9.17, 15) is 4.79 Å². The number of carbonyl (C=O) groups excluding carboxylic acids is 1. The molecule has 1 atom stereocenters. The Labute approximate surface area is 93.3 Å². The van der Waals surface area contributed by atoms with Crippen LogP contribution in [0.5, 0.6) is 0 Å². The van der Waals surface area contributed by atoms with Gasteiger partial charge in [-0.05, 0) is 37.2 Å². The van der Waals surface area contributed by atoms with Crippen molar-refractivity contribution in [1.82, 2.24) is 0 Å². The molecule has 0 aromatic heterocycles. The fourth-order valence-electron chi connectivity index (χ4n) is 2.20. The number of allylic oxidation sites excluding steroid dienone is 4. The second kappa shape index (κ2) is 4.34. The lowest BCUT2D eigenvalue weighted by atomic mass is 9.66. The summed E-state index contributed by atoms with van der Waals surface area (Å²) in [7, 11) is 0. The molecule has 1 unspecified atom stereocenters. The monoisotopic (exact) mass is 206 g/mol. The van der Waals surface area contributed by atoms with Crippen molar-refractivity contribution >= 4 is 5.78 Å². The summed E-state index contributed by atoms with van der Waals surface area (Å²) < 4.78 is 0. The molecule has 0 fully saturated rings. The summed E-state index contributed by atoms with van der Waals surface area (Å²) in [6.07, 6.45) is 6.12. The summed E-state index contributed by atoms with van der Waals surface area (Å²) in [5.41, 5.74) is 2.91. The average molecular weight is 206 g/mol. The molecule has 0 aromatic rings. The van der Waals surface area contributed by atoms with Crippen LogP contribution in [-0.2, 0) is 4.79 Å². The molecule has 0 spiro atoms. The summed E-state index contributed by atoms with van der Waals surface area (Å²) >= 11 is 0. The summed E-state index contributed by atoms with van der Waals surface area (Å²) in [6.45, 7) is 10.6. The smallest absolute Gasteiger partial charge is 0.133 e. The van der Waals surface area contributed by atoms with Crippen LogP contribution in [0.4, 0.5) is 0 Å². The van der Waals surface area contributed by atoms with Crippen molar-refractivity contribution in [3.8, 4) is 0 Å². The van der Waals surface area contributed by atoms with Crippen LogP contribution >= 0.6 is 0 Å². The Kier molecular flexibility index (Phi) is 3.54. The SMILES string of the molecule is CC(=O)CC=C1C(C)=CCC(C)C1(C)C. The maximum absolute atomic E-state index is 11.0. The number of ketones is 1. The van der Waals surface area contributed by atoms with Crippen LogP contribution < -0.4 is 0 Å². The topological polar surface area (TPSA) is 17.1 Å². The molecular weight excluding hydrogens is 184 g/mol. The summed E-state index contributed by atoms with van der Waals surface area (Å²) in [5.74, 6) is 0.892. The second-order valence-electron chi connectivity index (χ2n) is 5.27. The van der Waals surface area contributed by atoms with Gasteiger partial charge < -0.3 is 0 Å². The van der Waals surface area contributed by atoms with E-state index in [0.29, 0.717) is 12.3 Å². The van der Waals surface area contributed by atoms with Gasteiger partial charge in [0.25, 0.3) is 0 Å². The standard InChI is InChI=1S/C14H22O/c1-10-6-7-11(2)14(4,5)13(10)9-8-12(3)15/h6,9,11H,7-8H2,1-5H3. The Morgan fingerprint density at radius 1 is 1.60 bits per heavy atom. The van der Waals surface area contributed by atoms with Crippen LogP contribution in [0.25, 0.3) is 0 Å². The first-order valence-electron chi connectivity index (χ1n) is 5.73. The minimum absolute atomic E-state index is 0.203. The number of hydrogen-bond acceptors (Lipinski definition) is 1. The molecule has 0 aromatic carbocycles. The number of hydrogen-bond donors (Lipinski definition) is 0. The molecule has 0 heterocycles. The number of rotatable bonds is 2. The van der Waals surface area contributed by atoms with Gasteiger partial charge in [-0.2, -0.15) is 0 Å². The van der Waals surface area contributed by atoms with Gasteiger partial charge in [0.15, 0.2) is 0 Å². The van der Waals surface area contributed by atoms with E-state index in [1.54, 1.807) is 6.92 Å². The third kappa shape index (κ3) is 2.58. The van der Waals surface area contributed by atoms with Gasteiger partial charge in [0.2, 0.25) is 0 Å². The molecule has 1 rings (SSSR count). The lowest BCUT2D eigenvalue weighted by Crippen LogP contribution is -2.27. The van der Waals surface area contributed by atoms with E-state index in [1.165, 1.54) is 11.1 Å². The first-order chi connectivity index (χ1) is 6.85. The molecule has 0 saturated heterocycles. The fraction of sp³-hybridized carbons (Fsp3) is 0.643. The van der Waals surface area contributed by atoms with Gasteiger partial charge in [0.05, 0.1) is 0 Å². The van der Waals surface area contributed by atoms with Crippen molar-refractivity contribution in [2.45, 2.75) is 47.5 Å². The molecule has 0 bridgehead atoms. The Morgan fingerprint density at radius 3 is 2.73 bits per heavy atom. The van der Waals surface area contributed by atoms with Crippen LogP contribution in [-0.4, -0.2) is 5.78 Å². The van der Waals surface area contributed by atoms with Crippen LogP contribution in [0, 0.1) is 11.3 Å². The van der Waals surface area contributed by atoms with E-state index in [-0.39, 0.29) is 11.2 Å². The zero-order valence-corrected chi connectivity index (χ0v) is 10.6. The van der Waals surface area contributed by atoms with E-state index in [0.717, 1.165) is 6.42 Å². The Hall–Kier alpha value is -0.850. The highest BCUT2D eigenvalue weighted by molar-refractivity contribution is 5.77. The maximum atomic E-state index is 11.0. The fourth-order valence-corrected chi connectivity index (χ4v) is 2.20. The lowest BCUT2D eigenvalue weighted by molar-refractivity contribution is -0.116. The van der Waals surface area contributed by atoms with Crippen LogP contribution in [0.15, 0.2) is 23.3 Å². The normalized spacial score (nSPS) is 27.7. The first kappa shape index (κ1) is 12.2. The summed E-state index contributed by atoms with van der Waals surface area (Å²) in [4.78, 5) is 11.0. The van der Waals surface area contributed by atoms with Gasteiger partial charge in [-0.25, -0.2) is 0 Å². The summed E-state index contributed by atoms with van der Waals surface area (Å²) in [6, 6.07) is 0. The van der Waals surface area contributed by atoms with Crippen LogP contribution in [0.2, 0.25) is 0 Å². The first-order valence-corrected chi connectivity index (χ1v) is 5.73. The van der Waals surface area contributed by atoms with E-state index >= 15 is 0 Å². The molecule has 1 aliphatic carbocycles. The molecule has 1 heteroatoms. The molecule has 0 N–H and O–H groups in total. The molecule has 15 heavy (non-hydrogen) atoms. The summed E-state index contributed by atoms with van der Waals surface area (Å²) in [5, 5.41) is 0. The van der Waals surface area contributed by atoms with E-state index in [4.69, 9.17) is 0 Å². The molecule has 0 radical (unpaired) electrons. The Morgan fingerprint density at radius 2 is 2.20 bits per heavy atom. The van der Waals surface area contributed by atoms with Crippen LogP contribution in [0.1, 0.15) is 47.5 Å². The van der Waals surface area contributed by atoms with Crippen molar-refractivity contribution in [1.29, 1.82) is 0 Å². The molecule has 84 valence electrons. The highest BCUT2D eigenvalue weighted by Gasteiger charge is 2.32. The van der Waals surface area contributed by atoms with Crippen molar-refractivity contribution in [2.75, 3.05) is 0 Å². The minimum Gasteiger partial charge on any atom is -0.300 e. The lowest BCUT2D eigenvalue weighted by Gasteiger charge is -2.38.